The first-order valence-electron chi connectivity index (χ1n) is 29.6. The van der Waals surface area contributed by atoms with Gasteiger partial charge in [0.05, 0.1) is 37.3 Å². The maximum atomic E-state index is 14.6. The number of fused-ring (bicyclic) bond motifs is 6. The van der Waals surface area contributed by atoms with E-state index in [2.05, 4.69) is 47.4 Å². The summed E-state index contributed by atoms with van der Waals surface area (Å²) in [4.78, 5) is 41.9. The minimum Gasteiger partial charge on any atom is -0.464 e. The van der Waals surface area contributed by atoms with Crippen LogP contribution in [0.5, 0.6) is 0 Å². The Kier molecular flexibility index (Phi) is 20.6. The number of aliphatic hydroxyl groups is 16. The van der Waals surface area contributed by atoms with E-state index in [-0.39, 0.29) is 44.5 Å². The van der Waals surface area contributed by atoms with Crippen LogP contribution in [0.25, 0.3) is 22.3 Å². The highest BCUT2D eigenvalue weighted by Gasteiger charge is 2.64. The van der Waals surface area contributed by atoms with Crippen molar-refractivity contribution >= 4 is 17.9 Å². The number of aliphatic hydroxyl groups excluding tert-OH is 16. The summed E-state index contributed by atoms with van der Waals surface area (Å²) in [5.74, 6) is 20.2. The average molecular weight is 1290 g/mol. The highest BCUT2D eigenvalue weighted by Crippen LogP contribution is 2.61. The fourth-order valence-electron chi connectivity index (χ4n) is 12.9. The molecule has 93 heavy (non-hydrogen) atoms. The molecule has 16 N–H and O–H groups in total. The van der Waals surface area contributed by atoms with E-state index in [1.807, 2.05) is 0 Å². The third-order valence-corrected chi connectivity index (χ3v) is 17.8. The van der Waals surface area contributed by atoms with Gasteiger partial charge in [0.2, 0.25) is 0 Å². The minimum atomic E-state index is -2.10. The zero-order valence-corrected chi connectivity index (χ0v) is 50.0. The highest BCUT2D eigenvalue weighted by molar-refractivity contribution is 5.88. The van der Waals surface area contributed by atoms with Crippen molar-refractivity contribution in [3.63, 3.8) is 0 Å². The van der Waals surface area contributed by atoms with E-state index in [4.69, 9.17) is 33.2 Å². The zero-order chi connectivity index (χ0) is 67.1. The molecule has 4 fully saturated rings. The number of hydrogen-bond acceptors (Lipinski definition) is 26. The Morgan fingerprint density at radius 2 is 0.613 bits per heavy atom. The van der Waals surface area contributed by atoms with Crippen molar-refractivity contribution in [2.24, 2.45) is 0 Å². The molecule has 0 bridgehead atoms. The lowest BCUT2D eigenvalue weighted by molar-refractivity contribution is -0.214. The third-order valence-electron chi connectivity index (χ3n) is 17.8. The van der Waals surface area contributed by atoms with Crippen LogP contribution in [-0.2, 0) is 58.4 Å². The van der Waals surface area contributed by atoms with Crippen LogP contribution in [0, 0.1) is 47.4 Å². The summed E-state index contributed by atoms with van der Waals surface area (Å²) in [6.45, 7) is -1.19. The summed E-state index contributed by atoms with van der Waals surface area (Å²) in [5.41, 5.74) is -1.23. The highest BCUT2D eigenvalue weighted by atomic mass is 16.6. The van der Waals surface area contributed by atoms with Gasteiger partial charge in [-0.1, -0.05) is 71.6 Å². The number of carbonyl (C=O) groups excluding carboxylic acids is 3. The predicted octanol–water partition coefficient (Wildman–Crippen LogP) is -5.25. The standard InChI is InChI=1S/C67H70O26/c1-30(72)87-28-66(41-20-33(8-16-45-53(75)61(83)57(79)49(24-68)90-45)4-12-37(41)38-13-5-34(21-42(38)66)9-17-46-54(76)62(84)58(80)50(25-69)91-46)65(89-32(3)74)67(29-88-31(2)73)43-22-35(10-18-47-55(77)63(85)59(81)51(26-70)92-47)6-14-39(43)40-15-7-36(23-44(40)67)11-19-48-56(78)64(86)60(82)52(27-71)93-48/h4-7,12-15,20-23,45-65,68-71,75-86H,24-29H2,1-3H3/t45-,46-,47-,48-,49-,50-,51-,52-,53-,54-,55-,56-,57-,58-,59-,60-,61-,62-,63-,64-/m1/s1. The molecule has 4 aliphatic heterocycles. The molecule has 6 aliphatic rings. The number of hydrogen-bond donors (Lipinski definition) is 16. The Balaban J connectivity index is 1.27. The van der Waals surface area contributed by atoms with Crippen molar-refractivity contribution in [2.45, 2.75) is 160 Å². The topological polar surface area (TPSA) is 440 Å². The Morgan fingerprint density at radius 1 is 0.376 bits per heavy atom. The number of esters is 3. The molecule has 0 saturated carbocycles. The fourth-order valence-corrected chi connectivity index (χ4v) is 12.9. The maximum absolute atomic E-state index is 14.6. The van der Waals surface area contributed by atoms with Gasteiger partial charge >= 0.3 is 17.9 Å². The second-order valence-electron chi connectivity index (χ2n) is 23.6. The van der Waals surface area contributed by atoms with Gasteiger partial charge in [0.25, 0.3) is 0 Å². The van der Waals surface area contributed by atoms with Crippen LogP contribution in [0.1, 0.15) is 65.3 Å². The molecule has 0 radical (unpaired) electrons. The van der Waals surface area contributed by atoms with Gasteiger partial charge in [-0.25, -0.2) is 0 Å². The molecule has 494 valence electrons. The summed E-state index contributed by atoms with van der Waals surface area (Å²) < 4.78 is 42.1. The molecule has 4 heterocycles. The number of benzene rings is 4. The zero-order valence-electron chi connectivity index (χ0n) is 50.0. The molecule has 0 amide bonds. The van der Waals surface area contributed by atoms with Gasteiger partial charge < -0.3 is 115 Å². The summed E-state index contributed by atoms with van der Waals surface area (Å²) in [7, 11) is 0. The SMILES string of the molecule is CC(=O)OCC1(C(OC(C)=O)C2(COC(C)=O)c3cc(C#C[C@H]4O[C@H](CO)[C@@H](O)[C@H](O)[C@@H]4O)ccc3-c3ccc(C#C[C@H]4O[C@H](CO)[C@@H](O)[C@H](O)[C@@H]4O)cc32)c2cc(C#C[C@H]3O[C@H](CO)[C@@H](O)[C@H](O)[C@@H]3O)ccc2-c2ccc(C#C[C@H]3O[C@H](CO)[C@@H](O)[C@H](O)[C@@H]3O)cc21. The predicted molar refractivity (Wildman–Crippen MR) is 317 cm³/mol. The van der Waals surface area contributed by atoms with Crippen LogP contribution >= 0.6 is 0 Å². The Hall–Kier alpha value is -7.27. The molecule has 20 atom stereocenters. The van der Waals surface area contributed by atoms with Crippen molar-refractivity contribution in [1.29, 1.82) is 0 Å². The molecular weight excluding hydrogens is 1220 g/mol. The van der Waals surface area contributed by atoms with Gasteiger partial charge in [0, 0.05) is 43.0 Å². The van der Waals surface area contributed by atoms with E-state index in [0.717, 1.165) is 20.8 Å². The first-order valence-corrected chi connectivity index (χ1v) is 29.6. The normalized spacial score (nSPS) is 32.6. The molecule has 2 aliphatic carbocycles. The molecule has 4 saturated heterocycles. The molecule has 26 nitrogen and oxygen atoms in total. The monoisotopic (exact) mass is 1290 g/mol. The summed E-state index contributed by atoms with van der Waals surface area (Å²) in [5, 5.41) is 169. The molecule has 26 heteroatoms. The van der Waals surface area contributed by atoms with Gasteiger partial charge in [-0.2, -0.15) is 0 Å². The molecule has 4 aromatic rings. The first kappa shape index (κ1) is 68.6. The Labute approximate surface area is 531 Å². The average Bonchev–Trinajstić information content (AvgIpc) is 1.52. The largest absolute Gasteiger partial charge is 0.464 e. The summed E-state index contributed by atoms with van der Waals surface area (Å²) in [6, 6.07) is 19.1. The van der Waals surface area contributed by atoms with E-state index < -0.39 is 197 Å². The van der Waals surface area contributed by atoms with Crippen molar-refractivity contribution in [3.05, 3.63) is 117 Å². The van der Waals surface area contributed by atoms with Gasteiger partial charge in [-0.15, -0.1) is 0 Å². The molecule has 0 aromatic heterocycles. The van der Waals surface area contributed by atoms with Crippen LogP contribution in [0.4, 0.5) is 0 Å². The quantitative estimate of drug-likeness (QED) is 0.0379. The number of carbonyl (C=O) groups is 3. The number of rotatable bonds is 11. The van der Waals surface area contributed by atoms with Gasteiger partial charge in [-0.3, -0.25) is 14.4 Å². The summed E-state index contributed by atoms with van der Waals surface area (Å²) >= 11 is 0. The Bertz CT molecular complexity index is 3300. The minimum absolute atomic E-state index is 0.146. The lowest BCUT2D eigenvalue weighted by Gasteiger charge is -2.48. The molecule has 0 unspecified atom stereocenters. The van der Waals surface area contributed by atoms with Crippen LogP contribution < -0.4 is 0 Å². The number of ether oxygens (including phenoxy) is 7. The molecule has 4 aromatic carbocycles. The molecule has 10 rings (SSSR count). The van der Waals surface area contributed by atoms with Crippen molar-refractivity contribution in [3.8, 4) is 69.6 Å². The van der Waals surface area contributed by atoms with Crippen LogP contribution in [0.15, 0.2) is 72.8 Å². The van der Waals surface area contributed by atoms with Gasteiger partial charge in [0.1, 0.15) is 141 Å². The second-order valence-corrected chi connectivity index (χ2v) is 23.6. The maximum Gasteiger partial charge on any atom is 0.302 e. The van der Waals surface area contributed by atoms with E-state index in [1.54, 1.807) is 72.8 Å². The smallest absolute Gasteiger partial charge is 0.302 e. The van der Waals surface area contributed by atoms with Crippen molar-refractivity contribution in [2.75, 3.05) is 39.6 Å². The Morgan fingerprint density at radius 3 is 0.817 bits per heavy atom. The van der Waals surface area contributed by atoms with Crippen molar-refractivity contribution in [1.82, 2.24) is 0 Å². The van der Waals surface area contributed by atoms with Crippen molar-refractivity contribution < 1.29 is 129 Å². The van der Waals surface area contributed by atoms with E-state index in [9.17, 15) is 96.1 Å². The van der Waals surface area contributed by atoms with Crippen LogP contribution in [0.3, 0.4) is 0 Å². The first-order chi connectivity index (χ1) is 44.3. The lowest BCUT2D eigenvalue weighted by atomic mass is 9.60. The second kappa shape index (κ2) is 28.0. The third kappa shape index (κ3) is 12.8. The van der Waals surface area contributed by atoms with E-state index >= 15 is 0 Å². The summed E-state index contributed by atoms with van der Waals surface area (Å²) in [6.07, 6.45) is -34.3. The van der Waals surface area contributed by atoms with Gasteiger partial charge in [0.15, 0.2) is 0 Å². The lowest BCUT2D eigenvalue weighted by Crippen LogP contribution is -2.59. The molecular formula is C67H70O26. The fraction of sp³-hybridized carbons (Fsp3) is 0.478. The molecule has 0 spiro atoms. The van der Waals surface area contributed by atoms with Crippen LogP contribution in [0.2, 0.25) is 0 Å². The van der Waals surface area contributed by atoms with Crippen LogP contribution in [-0.4, -0.2) is 267 Å². The van der Waals surface area contributed by atoms with E-state index in [1.165, 1.54) is 0 Å². The van der Waals surface area contributed by atoms with Gasteiger partial charge in [-0.05, 0) is 93.0 Å². The van der Waals surface area contributed by atoms with E-state index in [0.29, 0.717) is 22.3 Å².